The summed E-state index contributed by atoms with van der Waals surface area (Å²) in [7, 11) is 5.77. The van der Waals surface area contributed by atoms with E-state index in [1.165, 1.54) is 11.1 Å². The number of hydrogen-bond acceptors (Lipinski definition) is 3. The van der Waals surface area contributed by atoms with E-state index in [-0.39, 0.29) is 29.9 Å². The van der Waals surface area contributed by atoms with Crippen molar-refractivity contribution in [3.8, 4) is 0 Å². The second-order valence-corrected chi connectivity index (χ2v) is 8.23. The van der Waals surface area contributed by atoms with Crippen LogP contribution in [-0.2, 0) is 24.8 Å². The first-order chi connectivity index (χ1) is 14.4. The lowest BCUT2D eigenvalue weighted by Gasteiger charge is -2.22. The number of carbonyl (C=O) groups excluding carboxylic acids is 1. The summed E-state index contributed by atoms with van der Waals surface area (Å²) in [6, 6.07) is 8.18. The van der Waals surface area contributed by atoms with Gasteiger partial charge in [-0.1, -0.05) is 32.0 Å². The fourth-order valence-corrected chi connectivity index (χ4v) is 4.05. The first-order valence-corrected chi connectivity index (χ1v) is 10.7. The zero-order valence-corrected chi connectivity index (χ0v) is 21.6. The maximum absolute atomic E-state index is 12.6. The summed E-state index contributed by atoms with van der Waals surface area (Å²) in [6.07, 6.45) is 4.33. The average Bonchev–Trinajstić information content (AvgIpc) is 3.31. The van der Waals surface area contributed by atoms with Crippen molar-refractivity contribution < 1.29 is 4.79 Å². The predicted molar refractivity (Wildman–Crippen MR) is 137 cm³/mol. The number of fused-ring (bicyclic) bond motifs is 1. The number of carbonyl (C=O) groups is 1. The van der Waals surface area contributed by atoms with Gasteiger partial charge < -0.3 is 15.1 Å². The lowest BCUT2D eigenvalue weighted by atomic mass is 10.1. The van der Waals surface area contributed by atoms with Gasteiger partial charge in [0.25, 0.3) is 0 Å². The Labute approximate surface area is 202 Å². The summed E-state index contributed by atoms with van der Waals surface area (Å²) in [5.74, 6) is 1.40. The van der Waals surface area contributed by atoms with Crippen molar-refractivity contribution in [1.82, 2.24) is 20.0 Å². The quantitative estimate of drug-likeness (QED) is 0.254. The Morgan fingerprint density at radius 1 is 1.32 bits per heavy atom. The smallest absolute Gasteiger partial charge is 0.227 e. The molecule has 1 amide bonds. The Bertz CT molecular complexity index is 907. The summed E-state index contributed by atoms with van der Waals surface area (Å²) in [5.41, 5.74) is 4.67. The Hall–Kier alpha value is -2.10. The first kappa shape index (κ1) is 25.2. The first-order valence-electron chi connectivity index (χ1n) is 10.7. The summed E-state index contributed by atoms with van der Waals surface area (Å²) >= 11 is 0. The Morgan fingerprint density at radius 2 is 2.06 bits per heavy atom. The highest BCUT2D eigenvalue weighted by molar-refractivity contribution is 14.0. The van der Waals surface area contributed by atoms with Crippen LogP contribution in [-0.4, -0.2) is 53.7 Å². The van der Waals surface area contributed by atoms with Crippen molar-refractivity contribution in [3.05, 3.63) is 47.3 Å². The highest BCUT2D eigenvalue weighted by Crippen LogP contribution is 2.28. The highest BCUT2D eigenvalue weighted by Gasteiger charge is 2.23. The van der Waals surface area contributed by atoms with Crippen LogP contribution in [0.5, 0.6) is 0 Å². The van der Waals surface area contributed by atoms with Crippen LogP contribution in [0.4, 0.5) is 5.69 Å². The molecule has 0 fully saturated rings. The van der Waals surface area contributed by atoms with Crippen LogP contribution >= 0.6 is 24.0 Å². The predicted octanol–water partition coefficient (Wildman–Crippen LogP) is 3.54. The number of hydrogen-bond donors (Lipinski definition) is 1. The molecule has 31 heavy (non-hydrogen) atoms. The van der Waals surface area contributed by atoms with Crippen molar-refractivity contribution in [2.75, 3.05) is 32.1 Å². The summed E-state index contributed by atoms with van der Waals surface area (Å²) < 4.78 is 1.87. The van der Waals surface area contributed by atoms with Gasteiger partial charge in [0.15, 0.2) is 5.96 Å². The number of para-hydroxylation sites is 1. The van der Waals surface area contributed by atoms with Gasteiger partial charge in [-0.2, -0.15) is 5.10 Å². The lowest BCUT2D eigenvalue weighted by Crippen LogP contribution is -2.39. The summed E-state index contributed by atoms with van der Waals surface area (Å²) in [5, 5.41) is 7.97. The molecule has 1 aromatic carbocycles. The van der Waals surface area contributed by atoms with Gasteiger partial charge in [-0.05, 0) is 30.4 Å². The number of amides is 1. The second-order valence-electron chi connectivity index (χ2n) is 8.23. The van der Waals surface area contributed by atoms with E-state index in [0.29, 0.717) is 18.9 Å². The molecule has 0 radical (unpaired) electrons. The number of guanidine groups is 1. The van der Waals surface area contributed by atoms with Crippen LogP contribution in [0.15, 0.2) is 35.5 Å². The van der Waals surface area contributed by atoms with Crippen molar-refractivity contribution >= 4 is 41.5 Å². The van der Waals surface area contributed by atoms with E-state index in [1.54, 1.807) is 7.05 Å². The highest BCUT2D eigenvalue weighted by atomic mass is 127. The maximum atomic E-state index is 12.6. The van der Waals surface area contributed by atoms with Crippen LogP contribution < -0.4 is 10.2 Å². The molecule has 1 aliphatic heterocycles. The third-order valence-corrected chi connectivity index (χ3v) is 5.50. The van der Waals surface area contributed by atoms with E-state index < -0.39 is 0 Å². The second kappa shape index (κ2) is 11.5. The summed E-state index contributed by atoms with van der Waals surface area (Å²) in [6.45, 7) is 6.56. The number of anilines is 1. The average molecular weight is 538 g/mol. The number of aryl methyl sites for hydroxylation is 1. The number of benzene rings is 1. The van der Waals surface area contributed by atoms with E-state index in [4.69, 9.17) is 0 Å². The minimum Gasteiger partial charge on any atom is -0.356 e. The lowest BCUT2D eigenvalue weighted by molar-refractivity contribution is -0.118. The van der Waals surface area contributed by atoms with Crippen molar-refractivity contribution in [2.45, 2.75) is 45.6 Å². The molecule has 0 saturated carbocycles. The minimum absolute atomic E-state index is 0. The van der Waals surface area contributed by atoms with E-state index in [1.807, 2.05) is 41.9 Å². The molecule has 2 heterocycles. The molecule has 0 aliphatic carbocycles. The van der Waals surface area contributed by atoms with Gasteiger partial charge in [-0.3, -0.25) is 14.5 Å². The topological polar surface area (TPSA) is 65.8 Å². The fourth-order valence-electron chi connectivity index (χ4n) is 4.05. The number of aromatic nitrogens is 2. The molecule has 0 unspecified atom stereocenters. The molecular weight excluding hydrogens is 503 g/mol. The number of nitrogens with zero attached hydrogens (tertiary/aromatic N) is 5. The zero-order valence-electron chi connectivity index (χ0n) is 19.3. The largest absolute Gasteiger partial charge is 0.356 e. The van der Waals surface area contributed by atoms with Gasteiger partial charge >= 0.3 is 0 Å². The molecule has 0 bridgehead atoms. The molecule has 7 nitrogen and oxygen atoms in total. The standard InChI is InChI=1S/C23H34N6O.HI/c1-17(2)22-19(16-28(5)26-22)15-27(4)23(24-3)25-13-8-11-21(30)29-14-12-18-9-6-7-10-20(18)29;/h6-7,9-10,16-17H,8,11-15H2,1-5H3,(H,24,25);1H. The van der Waals surface area contributed by atoms with Gasteiger partial charge in [-0.15, -0.1) is 24.0 Å². The maximum Gasteiger partial charge on any atom is 0.227 e. The van der Waals surface area contributed by atoms with Gasteiger partial charge in [0.2, 0.25) is 5.91 Å². The van der Waals surface area contributed by atoms with E-state index in [2.05, 4.69) is 46.4 Å². The van der Waals surface area contributed by atoms with Crippen LogP contribution in [0.1, 0.15) is 49.4 Å². The van der Waals surface area contributed by atoms with Gasteiger partial charge in [0.1, 0.15) is 0 Å². The Balaban J connectivity index is 0.00000341. The monoisotopic (exact) mass is 538 g/mol. The Morgan fingerprint density at radius 3 is 2.77 bits per heavy atom. The number of aliphatic imine (C=N–C) groups is 1. The van der Waals surface area contributed by atoms with Crippen molar-refractivity contribution in [1.29, 1.82) is 0 Å². The molecule has 8 heteroatoms. The van der Waals surface area contributed by atoms with Gasteiger partial charge in [0.05, 0.1) is 5.69 Å². The molecule has 0 spiro atoms. The molecule has 1 aromatic heterocycles. The fraction of sp³-hybridized carbons (Fsp3) is 0.522. The molecule has 0 atom stereocenters. The van der Waals surface area contributed by atoms with Crippen LogP contribution in [0.25, 0.3) is 0 Å². The Kier molecular flexibility index (Phi) is 9.33. The number of halogens is 1. The molecule has 170 valence electrons. The van der Waals surface area contributed by atoms with E-state index in [0.717, 1.165) is 43.3 Å². The SMILES string of the molecule is CN=C(NCCCC(=O)N1CCc2ccccc21)N(C)Cc1cn(C)nc1C(C)C.I. The molecule has 2 aromatic rings. The molecule has 0 saturated heterocycles. The van der Waals surface area contributed by atoms with Crippen LogP contribution in [0.2, 0.25) is 0 Å². The number of nitrogens with one attached hydrogen (secondary N) is 1. The van der Waals surface area contributed by atoms with Crippen LogP contribution in [0, 0.1) is 0 Å². The molecular formula is C23H35IN6O. The van der Waals surface area contributed by atoms with Crippen molar-refractivity contribution in [3.63, 3.8) is 0 Å². The van der Waals surface area contributed by atoms with Gasteiger partial charge in [-0.25, -0.2) is 0 Å². The molecule has 1 aliphatic rings. The van der Waals surface area contributed by atoms with E-state index >= 15 is 0 Å². The van der Waals surface area contributed by atoms with Gasteiger partial charge in [0, 0.05) is 64.6 Å². The van der Waals surface area contributed by atoms with Crippen LogP contribution in [0.3, 0.4) is 0 Å². The third kappa shape index (κ3) is 6.21. The zero-order chi connectivity index (χ0) is 21.7. The van der Waals surface area contributed by atoms with Crippen molar-refractivity contribution in [2.24, 2.45) is 12.0 Å². The normalized spacial score (nSPS) is 13.2. The minimum atomic E-state index is 0. The third-order valence-electron chi connectivity index (χ3n) is 5.50. The molecule has 3 rings (SSSR count). The van der Waals surface area contributed by atoms with E-state index in [9.17, 15) is 4.79 Å². The number of rotatable bonds is 7. The summed E-state index contributed by atoms with van der Waals surface area (Å²) in [4.78, 5) is 21.1. The molecule has 1 N–H and O–H groups in total.